The SMILES string of the molecule is CS(=O)(=O)c1cccnc1NCc1ccc(C(=O)O)nc1. The van der Waals surface area contributed by atoms with E-state index in [1.54, 1.807) is 12.1 Å². The van der Waals surface area contributed by atoms with E-state index < -0.39 is 15.8 Å². The van der Waals surface area contributed by atoms with Crippen LogP contribution >= 0.6 is 0 Å². The zero-order chi connectivity index (χ0) is 15.5. The van der Waals surface area contributed by atoms with Gasteiger partial charge in [-0.25, -0.2) is 23.2 Å². The molecule has 7 nitrogen and oxygen atoms in total. The minimum Gasteiger partial charge on any atom is -0.477 e. The monoisotopic (exact) mass is 307 g/mol. The molecule has 0 amide bonds. The molecule has 0 aliphatic rings. The summed E-state index contributed by atoms with van der Waals surface area (Å²) in [5, 5.41) is 11.7. The average molecular weight is 307 g/mol. The number of nitrogens with one attached hydrogen (secondary N) is 1. The fourth-order valence-electron chi connectivity index (χ4n) is 1.66. The second kappa shape index (κ2) is 5.88. The maximum Gasteiger partial charge on any atom is 0.354 e. The summed E-state index contributed by atoms with van der Waals surface area (Å²) in [6.45, 7) is 0.284. The molecule has 0 bridgehead atoms. The van der Waals surface area contributed by atoms with E-state index in [2.05, 4.69) is 15.3 Å². The Labute approximate surface area is 121 Å². The molecular weight excluding hydrogens is 294 g/mol. The van der Waals surface area contributed by atoms with E-state index in [0.29, 0.717) is 5.56 Å². The first-order valence-corrected chi connectivity index (χ1v) is 7.84. The van der Waals surface area contributed by atoms with Gasteiger partial charge in [-0.3, -0.25) is 0 Å². The summed E-state index contributed by atoms with van der Waals surface area (Å²) in [7, 11) is -3.37. The average Bonchev–Trinajstić information content (AvgIpc) is 2.45. The molecule has 0 atom stereocenters. The largest absolute Gasteiger partial charge is 0.477 e. The number of hydrogen-bond donors (Lipinski definition) is 2. The van der Waals surface area contributed by atoms with Crippen LogP contribution in [-0.2, 0) is 16.4 Å². The second-order valence-corrected chi connectivity index (χ2v) is 6.32. The Kier molecular flexibility index (Phi) is 4.18. The summed E-state index contributed by atoms with van der Waals surface area (Å²) in [5.74, 6) is -0.846. The van der Waals surface area contributed by atoms with Gasteiger partial charge in [-0.05, 0) is 23.8 Å². The summed E-state index contributed by atoms with van der Waals surface area (Å²) in [4.78, 5) is 18.6. The molecule has 0 saturated heterocycles. The van der Waals surface area contributed by atoms with Crippen LogP contribution in [0.15, 0.2) is 41.6 Å². The third kappa shape index (κ3) is 3.76. The number of nitrogens with zero attached hydrogens (tertiary/aromatic N) is 2. The van der Waals surface area contributed by atoms with Gasteiger partial charge in [-0.1, -0.05) is 6.07 Å². The van der Waals surface area contributed by atoms with Gasteiger partial charge in [0.15, 0.2) is 9.84 Å². The van der Waals surface area contributed by atoms with Crippen molar-refractivity contribution in [2.75, 3.05) is 11.6 Å². The highest BCUT2D eigenvalue weighted by atomic mass is 32.2. The fourth-order valence-corrected chi connectivity index (χ4v) is 2.47. The first-order valence-electron chi connectivity index (χ1n) is 5.95. The van der Waals surface area contributed by atoms with Gasteiger partial charge in [0.25, 0.3) is 0 Å². The highest BCUT2D eigenvalue weighted by molar-refractivity contribution is 7.90. The number of carbonyl (C=O) groups is 1. The molecule has 2 aromatic heterocycles. The maximum atomic E-state index is 11.6. The van der Waals surface area contributed by atoms with E-state index in [1.807, 2.05) is 0 Å². The van der Waals surface area contributed by atoms with Crippen molar-refractivity contribution in [1.29, 1.82) is 0 Å². The van der Waals surface area contributed by atoms with E-state index in [-0.39, 0.29) is 23.0 Å². The number of aromatic carboxylic acids is 1. The van der Waals surface area contributed by atoms with E-state index in [0.717, 1.165) is 6.26 Å². The van der Waals surface area contributed by atoms with Crippen LogP contribution in [0.1, 0.15) is 16.1 Å². The Balaban J connectivity index is 2.15. The molecule has 2 heterocycles. The summed E-state index contributed by atoms with van der Waals surface area (Å²) < 4.78 is 23.3. The fraction of sp³-hybridized carbons (Fsp3) is 0.154. The van der Waals surface area contributed by atoms with Crippen LogP contribution in [0.5, 0.6) is 0 Å². The first kappa shape index (κ1) is 14.9. The number of rotatable bonds is 5. The molecule has 2 rings (SSSR count). The molecule has 0 unspecified atom stereocenters. The van der Waals surface area contributed by atoms with Gasteiger partial charge >= 0.3 is 5.97 Å². The number of anilines is 1. The zero-order valence-corrected chi connectivity index (χ0v) is 12.0. The van der Waals surface area contributed by atoms with Crippen LogP contribution in [0.25, 0.3) is 0 Å². The normalized spacial score (nSPS) is 11.1. The van der Waals surface area contributed by atoms with Gasteiger partial charge in [0.1, 0.15) is 16.4 Å². The number of sulfone groups is 1. The van der Waals surface area contributed by atoms with E-state index in [4.69, 9.17) is 5.11 Å². The molecule has 2 N–H and O–H groups in total. The summed E-state index contributed by atoms with van der Waals surface area (Å²) in [6, 6.07) is 6.00. The molecule has 8 heteroatoms. The molecule has 0 spiro atoms. The Morgan fingerprint density at radius 3 is 2.62 bits per heavy atom. The Morgan fingerprint density at radius 1 is 1.29 bits per heavy atom. The van der Waals surface area contributed by atoms with Crippen molar-refractivity contribution in [3.05, 3.63) is 47.9 Å². The van der Waals surface area contributed by atoms with Crippen LogP contribution in [0.4, 0.5) is 5.82 Å². The maximum absolute atomic E-state index is 11.6. The van der Waals surface area contributed by atoms with Gasteiger partial charge in [0.2, 0.25) is 0 Å². The number of pyridine rings is 2. The lowest BCUT2D eigenvalue weighted by Crippen LogP contribution is -2.08. The summed E-state index contributed by atoms with van der Waals surface area (Å²) in [5.41, 5.74) is 0.665. The second-order valence-electron chi connectivity index (χ2n) is 4.33. The van der Waals surface area contributed by atoms with Crippen molar-refractivity contribution in [3.63, 3.8) is 0 Å². The topological polar surface area (TPSA) is 109 Å². The zero-order valence-electron chi connectivity index (χ0n) is 11.1. The van der Waals surface area contributed by atoms with Crippen molar-refractivity contribution in [3.8, 4) is 0 Å². The predicted molar refractivity (Wildman–Crippen MR) is 75.9 cm³/mol. The van der Waals surface area contributed by atoms with Gasteiger partial charge < -0.3 is 10.4 Å². The number of hydrogen-bond acceptors (Lipinski definition) is 6. The van der Waals surface area contributed by atoms with Crippen molar-refractivity contribution in [2.24, 2.45) is 0 Å². The molecule has 0 radical (unpaired) electrons. The molecule has 0 aliphatic carbocycles. The van der Waals surface area contributed by atoms with Crippen LogP contribution in [0.2, 0.25) is 0 Å². The third-order valence-electron chi connectivity index (χ3n) is 2.67. The molecule has 21 heavy (non-hydrogen) atoms. The van der Waals surface area contributed by atoms with Crippen LogP contribution in [0, 0.1) is 0 Å². The molecule has 0 saturated carbocycles. The molecule has 0 fully saturated rings. The van der Waals surface area contributed by atoms with E-state index in [9.17, 15) is 13.2 Å². The van der Waals surface area contributed by atoms with E-state index in [1.165, 1.54) is 24.5 Å². The lowest BCUT2D eigenvalue weighted by Gasteiger charge is -2.09. The first-order chi connectivity index (χ1) is 9.88. The third-order valence-corrected chi connectivity index (χ3v) is 3.80. The minimum atomic E-state index is -3.37. The molecule has 0 aromatic carbocycles. The highest BCUT2D eigenvalue weighted by Crippen LogP contribution is 2.18. The van der Waals surface area contributed by atoms with Crippen LogP contribution in [0.3, 0.4) is 0 Å². The molecule has 0 aliphatic heterocycles. The summed E-state index contributed by atoms with van der Waals surface area (Å²) >= 11 is 0. The highest BCUT2D eigenvalue weighted by Gasteiger charge is 2.13. The Bertz CT molecular complexity index is 757. The van der Waals surface area contributed by atoms with Crippen molar-refractivity contribution in [1.82, 2.24) is 9.97 Å². The van der Waals surface area contributed by atoms with Gasteiger partial charge in [-0.15, -0.1) is 0 Å². The van der Waals surface area contributed by atoms with Crippen LogP contribution in [-0.4, -0.2) is 35.7 Å². The standard InChI is InChI=1S/C13H13N3O4S/c1-21(19,20)11-3-2-6-14-12(11)16-8-9-4-5-10(13(17)18)15-7-9/h2-7H,8H2,1H3,(H,14,16)(H,17,18). The van der Waals surface area contributed by atoms with Crippen molar-refractivity contribution >= 4 is 21.6 Å². The van der Waals surface area contributed by atoms with Gasteiger partial charge in [-0.2, -0.15) is 0 Å². The molecule has 2 aromatic rings. The number of carboxylic acid groups (broad SMARTS) is 1. The van der Waals surface area contributed by atoms with E-state index >= 15 is 0 Å². The lowest BCUT2D eigenvalue weighted by atomic mass is 10.2. The van der Waals surface area contributed by atoms with Crippen molar-refractivity contribution in [2.45, 2.75) is 11.4 Å². The van der Waals surface area contributed by atoms with Crippen LogP contribution < -0.4 is 5.32 Å². The predicted octanol–water partition coefficient (Wildman–Crippen LogP) is 1.19. The van der Waals surface area contributed by atoms with Gasteiger partial charge in [0.05, 0.1) is 0 Å². The number of aromatic nitrogens is 2. The summed E-state index contributed by atoms with van der Waals surface area (Å²) in [6.07, 6.45) is 4.01. The minimum absolute atomic E-state index is 0.0478. The smallest absolute Gasteiger partial charge is 0.354 e. The Hall–Kier alpha value is -2.48. The number of carboxylic acids is 1. The Morgan fingerprint density at radius 2 is 2.05 bits per heavy atom. The van der Waals surface area contributed by atoms with Gasteiger partial charge in [0, 0.05) is 25.2 Å². The molecular formula is C13H13N3O4S. The quantitative estimate of drug-likeness (QED) is 0.853. The van der Waals surface area contributed by atoms with Crippen molar-refractivity contribution < 1.29 is 18.3 Å². The molecule has 110 valence electrons. The lowest BCUT2D eigenvalue weighted by molar-refractivity contribution is 0.0690.